The number of benzene rings is 4. The molecule has 0 atom stereocenters. The fourth-order valence-electron chi connectivity index (χ4n) is 4.13. The summed E-state index contributed by atoms with van der Waals surface area (Å²) in [5.41, 5.74) is 4.05. The van der Waals surface area contributed by atoms with Crippen molar-refractivity contribution in [1.29, 1.82) is 0 Å². The van der Waals surface area contributed by atoms with Gasteiger partial charge in [0, 0.05) is 8.95 Å². The Morgan fingerprint density at radius 2 is 1.46 bits per heavy atom. The van der Waals surface area contributed by atoms with Crippen LogP contribution < -0.4 is 15.0 Å². The molecule has 0 saturated carbocycles. The maximum atomic E-state index is 13.3. The van der Waals surface area contributed by atoms with E-state index in [0.717, 1.165) is 30.5 Å². The van der Waals surface area contributed by atoms with Gasteiger partial charge >= 0.3 is 6.03 Å². The van der Waals surface area contributed by atoms with Gasteiger partial charge in [0.2, 0.25) is 0 Å². The SMILES string of the molecule is O=C1NC(=O)N(c2ccc(OCc3ccccc3)cc2)C(=O)/C1=C/c1ccc(Cc2ccccc2Br)c(Br)c1. The molecule has 1 saturated heterocycles. The molecule has 0 unspecified atom stereocenters. The predicted octanol–water partition coefficient (Wildman–Crippen LogP) is 7.05. The molecule has 0 radical (unpaired) electrons. The Kier molecular flexibility index (Phi) is 8.05. The molecule has 8 heteroatoms. The molecule has 4 aromatic rings. The Hall–Kier alpha value is -4.01. The lowest BCUT2D eigenvalue weighted by Gasteiger charge is -2.26. The van der Waals surface area contributed by atoms with Crippen LogP contribution in [-0.4, -0.2) is 17.8 Å². The molecule has 1 fully saturated rings. The van der Waals surface area contributed by atoms with Crippen molar-refractivity contribution in [2.45, 2.75) is 13.0 Å². The first-order chi connectivity index (χ1) is 18.9. The zero-order valence-electron chi connectivity index (χ0n) is 20.6. The molecular formula is C31H22Br2N2O4. The van der Waals surface area contributed by atoms with Crippen LogP contribution in [0.3, 0.4) is 0 Å². The third-order valence-corrected chi connectivity index (χ3v) is 7.68. The van der Waals surface area contributed by atoms with Gasteiger partial charge in [-0.2, -0.15) is 0 Å². The molecule has 194 valence electrons. The number of ether oxygens (including phenoxy) is 1. The molecule has 0 bridgehead atoms. The number of carbonyl (C=O) groups is 3. The van der Waals surface area contributed by atoms with Crippen LogP contribution >= 0.6 is 31.9 Å². The lowest BCUT2D eigenvalue weighted by Crippen LogP contribution is -2.54. The van der Waals surface area contributed by atoms with Crippen LogP contribution in [0.2, 0.25) is 0 Å². The minimum absolute atomic E-state index is 0.135. The molecule has 0 aromatic heterocycles. The second-order valence-electron chi connectivity index (χ2n) is 8.85. The Morgan fingerprint density at radius 1 is 0.769 bits per heavy atom. The van der Waals surface area contributed by atoms with E-state index < -0.39 is 17.8 Å². The van der Waals surface area contributed by atoms with Crippen molar-refractivity contribution in [3.63, 3.8) is 0 Å². The Labute approximate surface area is 242 Å². The monoisotopic (exact) mass is 644 g/mol. The van der Waals surface area contributed by atoms with Gasteiger partial charge in [-0.1, -0.05) is 92.5 Å². The molecule has 5 rings (SSSR count). The highest BCUT2D eigenvalue weighted by Gasteiger charge is 2.36. The normalized spacial score (nSPS) is 14.5. The number of barbiturate groups is 1. The van der Waals surface area contributed by atoms with Gasteiger partial charge in [-0.15, -0.1) is 0 Å². The van der Waals surface area contributed by atoms with Crippen molar-refractivity contribution >= 4 is 61.5 Å². The number of rotatable bonds is 7. The predicted molar refractivity (Wildman–Crippen MR) is 157 cm³/mol. The van der Waals surface area contributed by atoms with Crippen LogP contribution in [0.1, 0.15) is 22.3 Å². The maximum Gasteiger partial charge on any atom is 0.335 e. The van der Waals surface area contributed by atoms with Gasteiger partial charge in [0.15, 0.2) is 0 Å². The third-order valence-electron chi connectivity index (χ3n) is 6.17. The second kappa shape index (κ2) is 11.8. The van der Waals surface area contributed by atoms with E-state index in [1.807, 2.05) is 72.8 Å². The molecule has 1 N–H and O–H groups in total. The summed E-state index contributed by atoms with van der Waals surface area (Å²) < 4.78 is 7.66. The number of hydrogen-bond acceptors (Lipinski definition) is 4. The van der Waals surface area contributed by atoms with Crippen molar-refractivity contribution in [1.82, 2.24) is 5.32 Å². The van der Waals surface area contributed by atoms with E-state index in [4.69, 9.17) is 4.74 Å². The largest absolute Gasteiger partial charge is 0.489 e. The molecule has 6 nitrogen and oxygen atoms in total. The molecule has 0 spiro atoms. The zero-order chi connectivity index (χ0) is 27.4. The molecule has 1 heterocycles. The van der Waals surface area contributed by atoms with Crippen LogP contribution in [0.15, 0.2) is 112 Å². The number of anilines is 1. The van der Waals surface area contributed by atoms with E-state index in [-0.39, 0.29) is 5.57 Å². The fraction of sp³-hybridized carbons (Fsp3) is 0.0645. The highest BCUT2D eigenvalue weighted by molar-refractivity contribution is 9.10. The summed E-state index contributed by atoms with van der Waals surface area (Å²) in [6, 6.07) is 29.1. The number of urea groups is 1. The van der Waals surface area contributed by atoms with Gasteiger partial charge in [0.05, 0.1) is 5.69 Å². The average Bonchev–Trinajstić information content (AvgIpc) is 2.93. The van der Waals surface area contributed by atoms with Crippen LogP contribution in [0.4, 0.5) is 10.5 Å². The zero-order valence-corrected chi connectivity index (χ0v) is 23.7. The van der Waals surface area contributed by atoms with E-state index in [0.29, 0.717) is 30.0 Å². The number of nitrogens with one attached hydrogen (secondary N) is 1. The van der Waals surface area contributed by atoms with Crippen LogP contribution in [-0.2, 0) is 22.6 Å². The Bertz CT molecular complexity index is 1580. The lowest BCUT2D eigenvalue weighted by atomic mass is 10.0. The first-order valence-corrected chi connectivity index (χ1v) is 13.7. The van der Waals surface area contributed by atoms with Crippen LogP contribution in [0.5, 0.6) is 5.75 Å². The topological polar surface area (TPSA) is 75.7 Å². The fourth-order valence-corrected chi connectivity index (χ4v) is 5.10. The maximum absolute atomic E-state index is 13.3. The molecule has 0 aliphatic carbocycles. The van der Waals surface area contributed by atoms with Gasteiger partial charge in [-0.25, -0.2) is 9.69 Å². The molecule has 4 amide bonds. The quantitative estimate of drug-likeness (QED) is 0.173. The van der Waals surface area contributed by atoms with Crippen molar-refractivity contribution < 1.29 is 19.1 Å². The molecule has 39 heavy (non-hydrogen) atoms. The average molecular weight is 646 g/mol. The highest BCUT2D eigenvalue weighted by Crippen LogP contribution is 2.28. The number of hydrogen-bond donors (Lipinski definition) is 1. The highest BCUT2D eigenvalue weighted by atomic mass is 79.9. The van der Waals surface area contributed by atoms with E-state index >= 15 is 0 Å². The molecule has 1 aliphatic rings. The summed E-state index contributed by atoms with van der Waals surface area (Å²) in [6.07, 6.45) is 2.19. The summed E-state index contributed by atoms with van der Waals surface area (Å²) in [5, 5.41) is 2.27. The van der Waals surface area contributed by atoms with Crippen LogP contribution in [0, 0.1) is 0 Å². The standard InChI is InChI=1S/C31H22Br2N2O4/c32-27-9-5-4-8-22(27)18-23-11-10-21(17-28(23)33)16-26-29(36)34-31(38)35(30(26)37)24-12-14-25(15-13-24)39-19-20-6-2-1-3-7-20/h1-17H,18-19H2,(H,34,36,38)/b26-16+. The van der Waals surface area contributed by atoms with Gasteiger partial charge in [-0.3, -0.25) is 14.9 Å². The van der Waals surface area contributed by atoms with Crippen molar-refractivity contribution in [3.05, 3.63) is 134 Å². The first-order valence-electron chi connectivity index (χ1n) is 12.1. The van der Waals surface area contributed by atoms with Crippen molar-refractivity contribution in [2.24, 2.45) is 0 Å². The minimum Gasteiger partial charge on any atom is -0.489 e. The number of imide groups is 2. The number of halogens is 2. The molecule has 1 aliphatic heterocycles. The summed E-state index contributed by atoms with van der Waals surface area (Å²) in [5.74, 6) is -0.848. The van der Waals surface area contributed by atoms with Gasteiger partial charge in [0.25, 0.3) is 11.8 Å². The Morgan fingerprint density at radius 3 is 2.18 bits per heavy atom. The van der Waals surface area contributed by atoms with Crippen molar-refractivity contribution in [2.75, 3.05) is 4.90 Å². The minimum atomic E-state index is -0.801. The molecule has 4 aromatic carbocycles. The van der Waals surface area contributed by atoms with Gasteiger partial charge < -0.3 is 4.74 Å². The molecular weight excluding hydrogens is 624 g/mol. The van der Waals surface area contributed by atoms with Gasteiger partial charge in [-0.05, 0) is 71.1 Å². The number of nitrogens with zero attached hydrogens (tertiary/aromatic N) is 1. The smallest absolute Gasteiger partial charge is 0.335 e. The first kappa shape index (κ1) is 26.6. The second-order valence-corrected chi connectivity index (χ2v) is 10.6. The number of amides is 4. The summed E-state index contributed by atoms with van der Waals surface area (Å²) in [6.45, 7) is 0.391. The van der Waals surface area contributed by atoms with Crippen molar-refractivity contribution in [3.8, 4) is 5.75 Å². The van der Waals surface area contributed by atoms with E-state index in [1.165, 1.54) is 6.08 Å². The summed E-state index contributed by atoms with van der Waals surface area (Å²) in [7, 11) is 0. The summed E-state index contributed by atoms with van der Waals surface area (Å²) in [4.78, 5) is 39.5. The Balaban J connectivity index is 1.33. The van der Waals surface area contributed by atoms with E-state index in [9.17, 15) is 14.4 Å². The van der Waals surface area contributed by atoms with E-state index in [2.05, 4.69) is 37.2 Å². The van der Waals surface area contributed by atoms with Gasteiger partial charge in [0.1, 0.15) is 17.9 Å². The number of carbonyl (C=O) groups excluding carboxylic acids is 3. The van der Waals surface area contributed by atoms with Crippen LogP contribution in [0.25, 0.3) is 6.08 Å². The lowest BCUT2D eigenvalue weighted by molar-refractivity contribution is -0.122. The van der Waals surface area contributed by atoms with E-state index in [1.54, 1.807) is 24.3 Å². The third kappa shape index (κ3) is 6.19. The summed E-state index contributed by atoms with van der Waals surface area (Å²) >= 11 is 7.19.